The third kappa shape index (κ3) is 3.88. The van der Waals surface area contributed by atoms with Crippen LogP contribution in [0.3, 0.4) is 0 Å². The summed E-state index contributed by atoms with van der Waals surface area (Å²) in [6.07, 6.45) is 0. The predicted molar refractivity (Wildman–Crippen MR) is 114 cm³/mol. The summed E-state index contributed by atoms with van der Waals surface area (Å²) in [5.41, 5.74) is 0.672. The Morgan fingerprint density at radius 3 is 2.41 bits per heavy atom. The minimum atomic E-state index is -0.477. The van der Waals surface area contributed by atoms with Crippen molar-refractivity contribution in [2.45, 2.75) is 13.0 Å². The molecule has 1 saturated heterocycles. The number of benzene rings is 1. The fraction of sp³-hybridized carbons (Fsp3) is 0.300. The number of H-pyrrole nitrogens is 1. The molecule has 0 aliphatic carbocycles. The van der Waals surface area contributed by atoms with Gasteiger partial charge >= 0.3 is 0 Å². The molecule has 29 heavy (non-hydrogen) atoms. The Morgan fingerprint density at radius 1 is 1.07 bits per heavy atom. The van der Waals surface area contributed by atoms with Crippen molar-refractivity contribution in [2.24, 2.45) is 0 Å². The summed E-state index contributed by atoms with van der Waals surface area (Å²) in [5.74, 6) is 0.652. The Hall–Kier alpha value is -2.78. The molecule has 7 nitrogen and oxygen atoms in total. The largest absolute Gasteiger partial charge is 0.337 e. The second kappa shape index (κ2) is 8.30. The number of hydrogen-bond donors (Lipinski definition) is 1. The number of nitrogens with one attached hydrogen (secondary N) is 1. The first-order chi connectivity index (χ1) is 14.1. The number of carbonyl (C=O) groups excluding carboxylic acids is 2. The topological polar surface area (TPSA) is 74.2 Å². The van der Waals surface area contributed by atoms with Crippen molar-refractivity contribution in [3.8, 4) is 10.7 Å². The molecule has 2 amide bonds. The van der Waals surface area contributed by atoms with E-state index in [1.165, 1.54) is 0 Å². The number of aromatic nitrogens is 3. The highest BCUT2D eigenvalue weighted by molar-refractivity contribution is 7.71. The summed E-state index contributed by atoms with van der Waals surface area (Å²) in [4.78, 5) is 30.3. The van der Waals surface area contributed by atoms with Crippen molar-refractivity contribution in [3.05, 3.63) is 58.2 Å². The van der Waals surface area contributed by atoms with Crippen LogP contribution in [0.2, 0.25) is 0 Å². The summed E-state index contributed by atoms with van der Waals surface area (Å²) < 4.78 is 2.19. The molecule has 3 aromatic rings. The molecule has 4 rings (SSSR count). The maximum Gasteiger partial charge on any atom is 0.253 e. The molecule has 0 spiro atoms. The number of amides is 2. The first kappa shape index (κ1) is 19.5. The monoisotopic (exact) mass is 427 g/mol. The lowest BCUT2D eigenvalue weighted by Crippen LogP contribution is -2.52. The van der Waals surface area contributed by atoms with Gasteiger partial charge in [-0.05, 0) is 42.7 Å². The first-order valence-electron chi connectivity index (χ1n) is 9.40. The van der Waals surface area contributed by atoms with Gasteiger partial charge in [-0.15, -0.1) is 11.3 Å². The molecule has 1 unspecified atom stereocenters. The summed E-state index contributed by atoms with van der Waals surface area (Å²) >= 11 is 6.93. The standard InChI is InChI=1S/C20H21N5O2S2/c1-14(25-17(21-22-20(25)28)16-8-5-13-29-16)18(26)23-9-11-24(12-10-23)19(27)15-6-3-2-4-7-15/h2-8,13-14H,9-12H2,1H3,(H,22,28). The minimum absolute atomic E-state index is 0.00258. The Bertz CT molecular complexity index is 1050. The normalized spacial score (nSPS) is 15.3. The van der Waals surface area contributed by atoms with E-state index in [0.29, 0.717) is 42.3 Å². The van der Waals surface area contributed by atoms with Gasteiger partial charge in [-0.25, -0.2) is 0 Å². The molecule has 2 aromatic heterocycles. The average Bonchev–Trinajstić information content (AvgIpc) is 3.42. The van der Waals surface area contributed by atoms with Crippen LogP contribution in [-0.4, -0.2) is 62.6 Å². The third-order valence-electron chi connectivity index (χ3n) is 5.09. The third-order valence-corrected chi connectivity index (χ3v) is 6.24. The van der Waals surface area contributed by atoms with Crippen LogP contribution < -0.4 is 0 Å². The highest BCUT2D eigenvalue weighted by Crippen LogP contribution is 2.26. The number of piperazine rings is 1. The van der Waals surface area contributed by atoms with E-state index >= 15 is 0 Å². The summed E-state index contributed by atoms with van der Waals surface area (Å²) in [6.45, 7) is 3.87. The SMILES string of the molecule is CC(C(=O)N1CCN(C(=O)c2ccccc2)CC1)n1c(-c2cccs2)n[nH]c1=S. The first-order valence-corrected chi connectivity index (χ1v) is 10.7. The van der Waals surface area contributed by atoms with Gasteiger partial charge in [0.2, 0.25) is 5.91 Å². The summed E-state index contributed by atoms with van der Waals surface area (Å²) in [7, 11) is 0. The Balaban J connectivity index is 1.45. The van der Waals surface area contributed by atoms with Gasteiger partial charge in [0.15, 0.2) is 10.6 Å². The fourth-order valence-electron chi connectivity index (χ4n) is 3.51. The minimum Gasteiger partial charge on any atom is -0.337 e. The van der Waals surface area contributed by atoms with E-state index in [9.17, 15) is 9.59 Å². The maximum atomic E-state index is 13.1. The Labute approximate surface area is 177 Å². The Morgan fingerprint density at radius 2 is 1.76 bits per heavy atom. The Kier molecular flexibility index (Phi) is 5.59. The highest BCUT2D eigenvalue weighted by atomic mass is 32.1. The molecule has 0 saturated carbocycles. The predicted octanol–water partition coefficient (Wildman–Crippen LogP) is 3.21. The van der Waals surface area contributed by atoms with Crippen molar-refractivity contribution in [3.63, 3.8) is 0 Å². The van der Waals surface area contributed by atoms with Gasteiger partial charge < -0.3 is 9.80 Å². The molecule has 3 heterocycles. The van der Waals surface area contributed by atoms with Crippen molar-refractivity contribution < 1.29 is 9.59 Å². The van der Waals surface area contributed by atoms with Crippen LogP contribution in [0.5, 0.6) is 0 Å². The van der Waals surface area contributed by atoms with E-state index in [1.807, 2.05) is 54.8 Å². The number of carbonyl (C=O) groups is 2. The molecular formula is C20H21N5O2S2. The van der Waals surface area contributed by atoms with E-state index in [-0.39, 0.29) is 11.8 Å². The second-order valence-corrected chi connectivity index (χ2v) is 8.19. The number of nitrogens with zero attached hydrogens (tertiary/aromatic N) is 4. The van der Waals surface area contributed by atoms with Gasteiger partial charge in [0.25, 0.3) is 5.91 Å². The second-order valence-electron chi connectivity index (χ2n) is 6.86. The van der Waals surface area contributed by atoms with Gasteiger partial charge in [-0.3, -0.25) is 19.3 Å². The van der Waals surface area contributed by atoms with E-state index in [2.05, 4.69) is 10.2 Å². The molecule has 1 aliphatic rings. The van der Waals surface area contributed by atoms with Crippen molar-refractivity contribution in [2.75, 3.05) is 26.2 Å². The summed E-state index contributed by atoms with van der Waals surface area (Å²) in [6, 6.07) is 12.6. The molecular weight excluding hydrogens is 406 g/mol. The van der Waals surface area contributed by atoms with E-state index in [4.69, 9.17) is 12.2 Å². The van der Waals surface area contributed by atoms with Gasteiger partial charge in [0, 0.05) is 31.7 Å². The number of hydrogen-bond acceptors (Lipinski definition) is 5. The number of aromatic amines is 1. The smallest absolute Gasteiger partial charge is 0.253 e. The zero-order valence-corrected chi connectivity index (χ0v) is 17.6. The highest BCUT2D eigenvalue weighted by Gasteiger charge is 2.29. The van der Waals surface area contributed by atoms with Crippen LogP contribution in [0.25, 0.3) is 10.7 Å². The molecule has 9 heteroatoms. The van der Waals surface area contributed by atoms with Crippen LogP contribution >= 0.6 is 23.6 Å². The van der Waals surface area contributed by atoms with Crippen molar-refractivity contribution >= 4 is 35.4 Å². The van der Waals surface area contributed by atoms with Crippen LogP contribution in [0.1, 0.15) is 23.3 Å². The molecule has 150 valence electrons. The van der Waals surface area contributed by atoms with Crippen LogP contribution in [0.15, 0.2) is 47.8 Å². The van der Waals surface area contributed by atoms with Gasteiger partial charge in [0.05, 0.1) is 4.88 Å². The van der Waals surface area contributed by atoms with E-state index < -0.39 is 6.04 Å². The lowest BCUT2D eigenvalue weighted by molar-refractivity contribution is -0.135. The number of thiophene rings is 1. The van der Waals surface area contributed by atoms with Crippen molar-refractivity contribution in [1.82, 2.24) is 24.6 Å². The molecule has 1 aromatic carbocycles. The van der Waals surface area contributed by atoms with Crippen molar-refractivity contribution in [1.29, 1.82) is 0 Å². The van der Waals surface area contributed by atoms with Crippen LogP contribution in [0.4, 0.5) is 0 Å². The lowest BCUT2D eigenvalue weighted by atomic mass is 10.1. The molecule has 0 bridgehead atoms. The molecule has 0 radical (unpaired) electrons. The van der Waals surface area contributed by atoms with Crippen LogP contribution in [-0.2, 0) is 4.79 Å². The fourth-order valence-corrected chi connectivity index (χ4v) is 4.51. The quantitative estimate of drug-likeness (QED) is 0.649. The zero-order valence-electron chi connectivity index (χ0n) is 15.9. The molecule has 1 atom stereocenters. The van der Waals surface area contributed by atoms with Gasteiger partial charge in [-0.1, -0.05) is 24.3 Å². The molecule has 1 fully saturated rings. The molecule has 1 N–H and O–H groups in total. The van der Waals surface area contributed by atoms with E-state index in [1.54, 1.807) is 25.7 Å². The summed E-state index contributed by atoms with van der Waals surface area (Å²) in [5, 5.41) is 9.08. The van der Waals surface area contributed by atoms with Crippen LogP contribution in [0, 0.1) is 4.77 Å². The van der Waals surface area contributed by atoms with Gasteiger partial charge in [-0.2, -0.15) is 5.10 Å². The number of rotatable bonds is 4. The lowest BCUT2D eigenvalue weighted by Gasteiger charge is -2.36. The van der Waals surface area contributed by atoms with E-state index in [0.717, 1.165) is 4.88 Å². The average molecular weight is 428 g/mol. The zero-order chi connectivity index (χ0) is 20.4. The van der Waals surface area contributed by atoms with Gasteiger partial charge in [0.1, 0.15) is 6.04 Å². The molecule has 1 aliphatic heterocycles. The maximum absolute atomic E-state index is 13.1.